The first kappa shape index (κ1) is 20.8. The Labute approximate surface area is 166 Å². The number of amides is 1. The summed E-state index contributed by atoms with van der Waals surface area (Å²) in [5, 5.41) is 2.96. The molecule has 0 radical (unpaired) electrons. The van der Waals surface area contributed by atoms with Gasteiger partial charge in [-0.15, -0.1) is 0 Å². The molecular formula is C20H28N2O5S. The summed E-state index contributed by atoms with van der Waals surface area (Å²) in [6, 6.07) is 6.68. The normalized spacial score (nSPS) is 20.2. The van der Waals surface area contributed by atoms with Gasteiger partial charge in [0.05, 0.1) is 11.5 Å². The van der Waals surface area contributed by atoms with Crippen LogP contribution in [0.25, 0.3) is 0 Å². The summed E-state index contributed by atoms with van der Waals surface area (Å²) in [6.45, 7) is 4.58. The molecule has 154 valence electrons. The molecule has 0 atom stereocenters. The molecule has 1 aliphatic carbocycles. The lowest BCUT2D eigenvalue weighted by molar-refractivity contribution is -0.167. The maximum atomic E-state index is 12.8. The van der Waals surface area contributed by atoms with Gasteiger partial charge in [0.2, 0.25) is 15.9 Å². The van der Waals surface area contributed by atoms with Crippen LogP contribution < -0.4 is 5.32 Å². The SMILES string of the molecule is CCOC(=O)C1(C(=O)NC2CCN(S(=O)(=O)c3ccc(C)cc3)CC2)CCC1. The zero-order valence-electron chi connectivity index (χ0n) is 16.4. The fourth-order valence-electron chi connectivity index (χ4n) is 3.75. The van der Waals surface area contributed by atoms with Crippen LogP contribution in [0.1, 0.15) is 44.6 Å². The molecule has 0 unspecified atom stereocenters. The van der Waals surface area contributed by atoms with Gasteiger partial charge in [0.15, 0.2) is 0 Å². The van der Waals surface area contributed by atoms with Gasteiger partial charge < -0.3 is 10.1 Å². The van der Waals surface area contributed by atoms with E-state index in [1.807, 2.05) is 6.92 Å². The number of sulfonamides is 1. The predicted molar refractivity (Wildman–Crippen MR) is 104 cm³/mol. The second-order valence-electron chi connectivity index (χ2n) is 7.62. The van der Waals surface area contributed by atoms with Gasteiger partial charge in [-0.3, -0.25) is 9.59 Å². The Morgan fingerprint density at radius 3 is 2.29 bits per heavy atom. The smallest absolute Gasteiger partial charge is 0.321 e. The summed E-state index contributed by atoms with van der Waals surface area (Å²) in [7, 11) is -3.53. The summed E-state index contributed by atoms with van der Waals surface area (Å²) in [5.41, 5.74) is -0.0481. The van der Waals surface area contributed by atoms with Gasteiger partial charge in [-0.05, 0) is 51.7 Å². The van der Waals surface area contributed by atoms with Crippen LogP contribution in [-0.4, -0.2) is 50.3 Å². The van der Waals surface area contributed by atoms with Crippen molar-refractivity contribution in [2.45, 2.75) is 56.9 Å². The lowest BCUT2D eigenvalue weighted by atomic mass is 9.68. The van der Waals surface area contributed by atoms with E-state index < -0.39 is 21.4 Å². The first-order valence-electron chi connectivity index (χ1n) is 9.84. The Kier molecular flexibility index (Phi) is 6.09. The molecule has 1 aromatic carbocycles. The number of carbonyl (C=O) groups excluding carboxylic acids is 2. The maximum Gasteiger partial charge on any atom is 0.321 e. The molecule has 0 spiro atoms. The molecule has 2 aliphatic rings. The molecule has 2 fully saturated rings. The Bertz CT molecular complexity index is 823. The molecule has 7 nitrogen and oxygen atoms in total. The molecule has 1 saturated heterocycles. The number of carbonyl (C=O) groups is 2. The summed E-state index contributed by atoms with van der Waals surface area (Å²) in [5.74, 6) is -0.727. The molecule has 1 aliphatic heterocycles. The van der Waals surface area contributed by atoms with Crippen LogP contribution in [-0.2, 0) is 24.3 Å². The van der Waals surface area contributed by atoms with Crippen molar-refractivity contribution in [1.82, 2.24) is 9.62 Å². The van der Waals surface area contributed by atoms with Crippen LogP contribution >= 0.6 is 0 Å². The van der Waals surface area contributed by atoms with Gasteiger partial charge in [0.25, 0.3) is 0 Å². The van der Waals surface area contributed by atoms with Crippen molar-refractivity contribution in [2.75, 3.05) is 19.7 Å². The highest BCUT2D eigenvalue weighted by molar-refractivity contribution is 7.89. The quantitative estimate of drug-likeness (QED) is 0.574. The fourth-order valence-corrected chi connectivity index (χ4v) is 5.22. The first-order chi connectivity index (χ1) is 13.3. The van der Waals surface area contributed by atoms with Crippen LogP contribution in [0.4, 0.5) is 0 Å². The largest absolute Gasteiger partial charge is 0.465 e. The minimum Gasteiger partial charge on any atom is -0.465 e. The molecular weight excluding hydrogens is 380 g/mol. The van der Waals surface area contributed by atoms with Gasteiger partial charge in [-0.25, -0.2) is 8.42 Å². The molecule has 1 heterocycles. The van der Waals surface area contributed by atoms with E-state index in [-0.39, 0.29) is 23.5 Å². The minimum atomic E-state index is -3.53. The maximum absolute atomic E-state index is 12.8. The minimum absolute atomic E-state index is 0.135. The van der Waals surface area contributed by atoms with E-state index in [0.29, 0.717) is 38.8 Å². The van der Waals surface area contributed by atoms with E-state index in [2.05, 4.69) is 5.32 Å². The molecule has 0 aromatic heterocycles. The summed E-state index contributed by atoms with van der Waals surface area (Å²) in [4.78, 5) is 25.2. The second kappa shape index (κ2) is 8.21. The zero-order valence-corrected chi connectivity index (χ0v) is 17.3. The Morgan fingerprint density at radius 1 is 1.18 bits per heavy atom. The van der Waals surface area contributed by atoms with E-state index in [1.165, 1.54) is 4.31 Å². The number of piperidine rings is 1. The van der Waals surface area contributed by atoms with Crippen molar-refractivity contribution < 1.29 is 22.7 Å². The molecule has 3 rings (SSSR count). The Morgan fingerprint density at radius 2 is 1.79 bits per heavy atom. The average Bonchev–Trinajstić information content (AvgIpc) is 2.62. The van der Waals surface area contributed by atoms with Gasteiger partial charge >= 0.3 is 5.97 Å². The van der Waals surface area contributed by atoms with Gasteiger partial charge in [0, 0.05) is 19.1 Å². The van der Waals surface area contributed by atoms with Crippen molar-refractivity contribution in [3.8, 4) is 0 Å². The Balaban J connectivity index is 1.59. The number of nitrogens with zero attached hydrogens (tertiary/aromatic N) is 1. The number of hydrogen-bond acceptors (Lipinski definition) is 5. The number of hydrogen-bond donors (Lipinski definition) is 1. The first-order valence-corrected chi connectivity index (χ1v) is 11.3. The van der Waals surface area contributed by atoms with E-state index in [1.54, 1.807) is 31.2 Å². The average molecular weight is 409 g/mol. The number of aryl methyl sites for hydroxylation is 1. The van der Waals surface area contributed by atoms with Crippen molar-refractivity contribution in [2.24, 2.45) is 5.41 Å². The highest BCUT2D eigenvalue weighted by Crippen LogP contribution is 2.42. The Hall–Kier alpha value is -1.93. The van der Waals surface area contributed by atoms with E-state index >= 15 is 0 Å². The lowest BCUT2D eigenvalue weighted by Gasteiger charge is -2.39. The van der Waals surface area contributed by atoms with Crippen LogP contribution in [0.15, 0.2) is 29.2 Å². The van der Waals surface area contributed by atoms with Crippen molar-refractivity contribution in [3.63, 3.8) is 0 Å². The molecule has 1 amide bonds. The van der Waals surface area contributed by atoms with Crippen LogP contribution in [0.5, 0.6) is 0 Å². The van der Waals surface area contributed by atoms with Crippen molar-refractivity contribution >= 4 is 21.9 Å². The number of ether oxygens (including phenoxy) is 1. The third-order valence-electron chi connectivity index (χ3n) is 5.76. The van der Waals surface area contributed by atoms with E-state index in [0.717, 1.165) is 12.0 Å². The number of nitrogens with one attached hydrogen (secondary N) is 1. The van der Waals surface area contributed by atoms with Gasteiger partial charge in [0.1, 0.15) is 5.41 Å². The number of esters is 1. The van der Waals surface area contributed by atoms with Crippen molar-refractivity contribution in [1.29, 1.82) is 0 Å². The van der Waals surface area contributed by atoms with E-state index in [4.69, 9.17) is 4.74 Å². The molecule has 8 heteroatoms. The molecule has 0 bridgehead atoms. The molecule has 1 aromatic rings. The van der Waals surface area contributed by atoms with Crippen LogP contribution in [0, 0.1) is 12.3 Å². The predicted octanol–water partition coefficient (Wildman–Crippen LogP) is 2.00. The van der Waals surface area contributed by atoms with E-state index in [9.17, 15) is 18.0 Å². The third-order valence-corrected chi connectivity index (χ3v) is 7.67. The molecule has 1 N–H and O–H groups in total. The third kappa shape index (κ3) is 3.93. The summed E-state index contributed by atoms with van der Waals surface area (Å²) in [6.07, 6.45) is 2.90. The summed E-state index contributed by atoms with van der Waals surface area (Å²) >= 11 is 0. The van der Waals surface area contributed by atoms with Crippen LogP contribution in [0.2, 0.25) is 0 Å². The number of benzene rings is 1. The van der Waals surface area contributed by atoms with Gasteiger partial charge in [-0.1, -0.05) is 24.1 Å². The highest BCUT2D eigenvalue weighted by Gasteiger charge is 2.52. The van der Waals surface area contributed by atoms with Crippen molar-refractivity contribution in [3.05, 3.63) is 29.8 Å². The zero-order chi connectivity index (χ0) is 20.4. The topological polar surface area (TPSA) is 92.8 Å². The lowest BCUT2D eigenvalue weighted by Crippen LogP contribution is -2.56. The standard InChI is InChI=1S/C20H28N2O5S/c1-3-27-19(24)20(11-4-12-20)18(23)21-16-9-13-22(14-10-16)28(25,26)17-7-5-15(2)6-8-17/h5-8,16H,3-4,9-14H2,1-2H3,(H,21,23). The number of rotatable bonds is 6. The molecule has 1 saturated carbocycles. The summed E-state index contributed by atoms with van der Waals surface area (Å²) < 4.78 is 32.1. The van der Waals surface area contributed by atoms with Crippen LogP contribution in [0.3, 0.4) is 0 Å². The van der Waals surface area contributed by atoms with Gasteiger partial charge in [-0.2, -0.15) is 4.31 Å². The highest BCUT2D eigenvalue weighted by atomic mass is 32.2. The monoisotopic (exact) mass is 408 g/mol. The fraction of sp³-hybridized carbons (Fsp3) is 0.600. The molecule has 28 heavy (non-hydrogen) atoms. The second-order valence-corrected chi connectivity index (χ2v) is 9.56.